The van der Waals surface area contributed by atoms with Crippen LogP contribution in [0.3, 0.4) is 0 Å². The van der Waals surface area contributed by atoms with Gasteiger partial charge >= 0.3 is 6.18 Å². The van der Waals surface area contributed by atoms with Gasteiger partial charge in [-0.3, -0.25) is 0 Å². The van der Waals surface area contributed by atoms with Crippen molar-refractivity contribution in [3.8, 4) is 0 Å². The fraction of sp³-hybridized carbons (Fsp3) is 0.684. The van der Waals surface area contributed by atoms with E-state index in [4.69, 9.17) is 0 Å². The Morgan fingerprint density at radius 1 is 1.08 bits per heavy atom. The molecule has 0 atom stereocenters. The van der Waals surface area contributed by atoms with Gasteiger partial charge in [-0.25, -0.2) is 8.42 Å². The smallest absolute Gasteiger partial charge is 0.229 e. The van der Waals surface area contributed by atoms with Crippen molar-refractivity contribution in [3.05, 3.63) is 35.4 Å². The van der Waals surface area contributed by atoms with Gasteiger partial charge in [0, 0.05) is 0 Å². The fourth-order valence-corrected chi connectivity index (χ4v) is 4.86. The summed E-state index contributed by atoms with van der Waals surface area (Å²) < 4.78 is 62.3. The molecule has 0 radical (unpaired) electrons. The van der Waals surface area contributed by atoms with Crippen LogP contribution in [0.15, 0.2) is 24.3 Å². The highest BCUT2D eigenvalue weighted by molar-refractivity contribution is 7.91. The van der Waals surface area contributed by atoms with Gasteiger partial charge in [-0.15, -0.1) is 0 Å². The quantitative estimate of drug-likeness (QED) is 0.678. The fourth-order valence-electron chi connectivity index (χ4n) is 3.48. The van der Waals surface area contributed by atoms with E-state index in [1.807, 2.05) is 0 Å². The molecule has 2 nitrogen and oxygen atoms in total. The largest absolute Gasteiger partial charge is 0.416 e. The third kappa shape index (κ3) is 6.01. The Morgan fingerprint density at radius 2 is 1.68 bits per heavy atom. The molecule has 0 unspecified atom stereocenters. The summed E-state index contributed by atoms with van der Waals surface area (Å²) in [7, 11) is -3.00. The molecule has 1 fully saturated rings. The summed E-state index contributed by atoms with van der Waals surface area (Å²) in [5.74, 6) is 0.982. The maximum absolute atomic E-state index is 12.7. The van der Waals surface area contributed by atoms with Gasteiger partial charge in [-0.05, 0) is 63.0 Å². The summed E-state index contributed by atoms with van der Waals surface area (Å²) in [6.07, 6.45) is 0.956. The molecule has 0 aliphatic heterocycles. The van der Waals surface area contributed by atoms with Crippen molar-refractivity contribution in [3.63, 3.8) is 0 Å². The molecule has 6 heteroatoms. The van der Waals surface area contributed by atoms with Crippen LogP contribution in [0.5, 0.6) is 0 Å². The van der Waals surface area contributed by atoms with E-state index in [0.717, 1.165) is 43.7 Å². The van der Waals surface area contributed by atoms with Crippen molar-refractivity contribution >= 4 is 9.84 Å². The van der Waals surface area contributed by atoms with Gasteiger partial charge < -0.3 is 0 Å². The van der Waals surface area contributed by atoms with Crippen LogP contribution in [-0.2, 0) is 22.4 Å². The topological polar surface area (TPSA) is 34.1 Å². The van der Waals surface area contributed by atoms with Crippen molar-refractivity contribution in [1.29, 1.82) is 0 Å². The molecule has 0 bridgehead atoms. The number of aryl methyl sites for hydroxylation is 1. The first-order valence-corrected chi connectivity index (χ1v) is 10.7. The minimum Gasteiger partial charge on any atom is -0.229 e. The predicted octanol–water partition coefficient (Wildman–Crippen LogP) is 5.27. The van der Waals surface area contributed by atoms with Crippen LogP contribution in [0, 0.1) is 11.8 Å². The molecule has 0 aromatic heterocycles. The number of rotatable bonds is 6. The van der Waals surface area contributed by atoms with Gasteiger partial charge in [0.1, 0.15) is 0 Å². The van der Waals surface area contributed by atoms with E-state index in [1.54, 1.807) is 19.9 Å². The Hall–Kier alpha value is -1.04. The summed E-state index contributed by atoms with van der Waals surface area (Å²) in [6, 6.07) is 5.55. The Balaban J connectivity index is 1.81. The van der Waals surface area contributed by atoms with Gasteiger partial charge in [0.15, 0.2) is 9.84 Å². The van der Waals surface area contributed by atoms with E-state index < -0.39 is 21.6 Å². The normalized spacial score (nSPS) is 22.3. The van der Waals surface area contributed by atoms with Crippen LogP contribution in [-0.4, -0.2) is 19.4 Å². The maximum Gasteiger partial charge on any atom is 0.416 e. The first-order chi connectivity index (χ1) is 11.6. The maximum atomic E-state index is 12.7. The lowest BCUT2D eigenvalue weighted by Crippen LogP contribution is -2.26. The van der Waals surface area contributed by atoms with Crippen molar-refractivity contribution in [2.45, 2.75) is 63.8 Å². The molecule has 142 valence electrons. The van der Waals surface area contributed by atoms with Gasteiger partial charge in [0.05, 0.1) is 16.6 Å². The van der Waals surface area contributed by atoms with Crippen LogP contribution in [0.25, 0.3) is 0 Å². The molecule has 0 heterocycles. The molecule has 1 aliphatic rings. The summed E-state index contributed by atoms with van der Waals surface area (Å²) >= 11 is 0. The number of hydrogen-bond acceptors (Lipinski definition) is 2. The number of halogens is 3. The minimum atomic E-state index is -4.30. The van der Waals surface area contributed by atoms with E-state index in [-0.39, 0.29) is 16.9 Å². The summed E-state index contributed by atoms with van der Waals surface area (Å²) in [5, 5.41) is -0.328. The van der Waals surface area contributed by atoms with Gasteiger partial charge in [0.2, 0.25) is 0 Å². The lowest BCUT2D eigenvalue weighted by molar-refractivity contribution is -0.137. The third-order valence-corrected chi connectivity index (χ3v) is 7.62. The molecule has 1 aliphatic carbocycles. The molecule has 0 amide bonds. The number of sulfone groups is 1. The standard InChI is InChI=1S/C19H27F3O2S/c1-14(2)25(23,24)13-17-10-7-15(8-11-17)6-9-16-4-3-5-18(12-16)19(20,21)22/h3-5,12,14-15,17H,6-11,13H2,1-2H3. The van der Waals surface area contributed by atoms with Crippen LogP contribution in [0.2, 0.25) is 0 Å². The molecule has 2 rings (SSSR count). The first kappa shape index (κ1) is 20.3. The van der Waals surface area contributed by atoms with Gasteiger partial charge in [-0.2, -0.15) is 13.2 Å². The molecule has 0 N–H and O–H groups in total. The van der Waals surface area contributed by atoms with Crippen molar-refractivity contribution in [2.75, 3.05) is 5.75 Å². The SMILES string of the molecule is CC(C)S(=O)(=O)CC1CCC(CCc2cccc(C(F)(F)F)c2)CC1. The predicted molar refractivity (Wildman–Crippen MR) is 94.1 cm³/mol. The van der Waals surface area contributed by atoms with E-state index in [2.05, 4.69) is 0 Å². The van der Waals surface area contributed by atoms with Crippen molar-refractivity contribution in [2.24, 2.45) is 11.8 Å². The molecule has 25 heavy (non-hydrogen) atoms. The van der Waals surface area contributed by atoms with Crippen molar-refractivity contribution < 1.29 is 21.6 Å². The Bertz CT molecular complexity index is 657. The first-order valence-electron chi connectivity index (χ1n) is 8.95. The van der Waals surface area contributed by atoms with Crippen LogP contribution in [0.4, 0.5) is 13.2 Å². The monoisotopic (exact) mass is 376 g/mol. The van der Waals surface area contributed by atoms with Crippen molar-refractivity contribution in [1.82, 2.24) is 0 Å². The highest BCUT2D eigenvalue weighted by Crippen LogP contribution is 2.34. The second kappa shape index (κ2) is 8.11. The molecule has 1 saturated carbocycles. The summed E-state index contributed by atoms with van der Waals surface area (Å²) in [4.78, 5) is 0. The van der Waals surface area contributed by atoms with E-state index in [0.29, 0.717) is 12.3 Å². The zero-order chi connectivity index (χ0) is 18.7. The third-order valence-electron chi connectivity index (χ3n) is 5.25. The Labute approximate surface area is 148 Å². The molecule has 0 saturated heterocycles. The lowest BCUT2D eigenvalue weighted by Gasteiger charge is -2.29. The average molecular weight is 376 g/mol. The molecular formula is C19H27F3O2S. The zero-order valence-corrected chi connectivity index (χ0v) is 15.7. The minimum absolute atomic E-state index is 0.234. The average Bonchev–Trinajstić information content (AvgIpc) is 2.53. The highest BCUT2D eigenvalue weighted by Gasteiger charge is 2.30. The summed E-state index contributed by atoms with van der Waals surface area (Å²) in [6.45, 7) is 3.44. The molecule has 1 aromatic rings. The second-order valence-electron chi connectivity index (χ2n) is 7.50. The van der Waals surface area contributed by atoms with Crippen LogP contribution in [0.1, 0.15) is 57.1 Å². The highest BCUT2D eigenvalue weighted by atomic mass is 32.2. The number of hydrogen-bond donors (Lipinski definition) is 0. The molecule has 0 spiro atoms. The Kier molecular flexibility index (Phi) is 6.57. The van der Waals surface area contributed by atoms with Crippen LogP contribution < -0.4 is 0 Å². The molecular weight excluding hydrogens is 349 g/mol. The van der Waals surface area contributed by atoms with E-state index >= 15 is 0 Å². The zero-order valence-electron chi connectivity index (χ0n) is 14.8. The van der Waals surface area contributed by atoms with E-state index in [1.165, 1.54) is 12.1 Å². The van der Waals surface area contributed by atoms with Gasteiger partial charge in [0.25, 0.3) is 0 Å². The number of alkyl halides is 3. The molecule has 1 aromatic carbocycles. The lowest BCUT2D eigenvalue weighted by atomic mass is 9.80. The second-order valence-corrected chi connectivity index (χ2v) is 10.1. The number of benzene rings is 1. The van der Waals surface area contributed by atoms with Gasteiger partial charge in [-0.1, -0.05) is 31.0 Å². The summed E-state index contributed by atoms with van der Waals surface area (Å²) in [5.41, 5.74) is 0.131. The van der Waals surface area contributed by atoms with E-state index in [9.17, 15) is 21.6 Å². The Morgan fingerprint density at radius 3 is 2.24 bits per heavy atom. The van der Waals surface area contributed by atoms with Crippen LogP contribution >= 0.6 is 0 Å².